The molecule has 0 radical (unpaired) electrons. The van der Waals surface area contributed by atoms with E-state index in [0.29, 0.717) is 0 Å². The van der Waals surface area contributed by atoms with Crippen LogP contribution in [0.5, 0.6) is 0 Å². The molecule has 4 heteroatoms. The summed E-state index contributed by atoms with van der Waals surface area (Å²) in [6, 6.07) is 4.95. The molecule has 0 aromatic carbocycles. The first-order chi connectivity index (χ1) is 7.79. The highest BCUT2D eigenvalue weighted by atomic mass is 79.9. The molecule has 0 saturated heterocycles. The Morgan fingerprint density at radius 2 is 2.19 bits per heavy atom. The predicted octanol–water partition coefficient (Wildman–Crippen LogP) is 3.59. The van der Waals surface area contributed by atoms with Gasteiger partial charge in [0.2, 0.25) is 0 Å². The number of alkyl halides is 1. The second kappa shape index (κ2) is 6.12. The number of aromatic nitrogens is 1. The van der Waals surface area contributed by atoms with Gasteiger partial charge in [0.1, 0.15) is 0 Å². The van der Waals surface area contributed by atoms with Gasteiger partial charge in [0.15, 0.2) is 0 Å². The number of nitrogens with zero attached hydrogens (tertiary/aromatic N) is 2. The van der Waals surface area contributed by atoms with Crippen LogP contribution >= 0.6 is 31.9 Å². The number of hydrogen-bond donors (Lipinski definition) is 0. The van der Waals surface area contributed by atoms with Crippen LogP contribution in [0.25, 0.3) is 0 Å². The molecule has 16 heavy (non-hydrogen) atoms. The number of hydrogen-bond acceptors (Lipinski definition) is 2. The van der Waals surface area contributed by atoms with Crippen LogP contribution in [0.1, 0.15) is 25.0 Å². The quantitative estimate of drug-likeness (QED) is 0.756. The van der Waals surface area contributed by atoms with Crippen molar-refractivity contribution in [3.63, 3.8) is 0 Å². The average molecular weight is 348 g/mol. The van der Waals surface area contributed by atoms with Crippen LogP contribution in [0.15, 0.2) is 22.8 Å². The van der Waals surface area contributed by atoms with E-state index in [1.165, 1.54) is 19.3 Å². The molecule has 0 atom stereocenters. The summed E-state index contributed by atoms with van der Waals surface area (Å²) in [5, 5.41) is 1.04. The Kier molecular flexibility index (Phi) is 4.79. The predicted molar refractivity (Wildman–Crippen MR) is 73.8 cm³/mol. The molecule has 1 aliphatic rings. The van der Waals surface area contributed by atoms with E-state index >= 15 is 0 Å². The fraction of sp³-hybridized carbons (Fsp3) is 0.583. The van der Waals surface area contributed by atoms with Crippen molar-refractivity contribution in [2.24, 2.45) is 0 Å². The first-order valence-electron chi connectivity index (χ1n) is 5.70. The standard InChI is InChI=1S/C12H16Br2N2/c13-6-7-16(12-2-1-3-12)9-11-5-4-10(14)8-15-11/h4-5,8,12H,1-3,6-7,9H2. The Balaban J connectivity index is 1.96. The van der Waals surface area contributed by atoms with E-state index in [1.807, 2.05) is 6.20 Å². The summed E-state index contributed by atoms with van der Waals surface area (Å²) in [4.78, 5) is 6.97. The van der Waals surface area contributed by atoms with Gasteiger partial charge in [0.05, 0.1) is 5.69 Å². The van der Waals surface area contributed by atoms with Gasteiger partial charge < -0.3 is 0 Å². The molecule has 0 unspecified atom stereocenters. The van der Waals surface area contributed by atoms with Crippen LogP contribution in [-0.2, 0) is 6.54 Å². The maximum Gasteiger partial charge on any atom is 0.0544 e. The summed E-state index contributed by atoms with van der Waals surface area (Å²) in [5.74, 6) is 0. The van der Waals surface area contributed by atoms with Crippen LogP contribution in [0.2, 0.25) is 0 Å². The van der Waals surface area contributed by atoms with Gasteiger partial charge in [0.25, 0.3) is 0 Å². The fourth-order valence-corrected chi connectivity index (χ4v) is 2.65. The Morgan fingerprint density at radius 1 is 1.38 bits per heavy atom. The molecular weight excluding hydrogens is 332 g/mol. The van der Waals surface area contributed by atoms with E-state index in [-0.39, 0.29) is 0 Å². The molecule has 2 nitrogen and oxygen atoms in total. The van der Waals surface area contributed by atoms with Crippen molar-refractivity contribution in [3.8, 4) is 0 Å². The molecule has 0 spiro atoms. The third-order valence-electron chi connectivity index (χ3n) is 3.12. The van der Waals surface area contributed by atoms with Crippen molar-refractivity contribution in [2.75, 3.05) is 11.9 Å². The molecule has 1 heterocycles. The molecule has 1 aliphatic carbocycles. The fourth-order valence-electron chi connectivity index (χ4n) is 1.96. The van der Waals surface area contributed by atoms with Gasteiger partial charge in [0, 0.05) is 35.1 Å². The Labute approximate surface area is 114 Å². The van der Waals surface area contributed by atoms with E-state index in [4.69, 9.17) is 0 Å². The molecule has 1 aromatic rings. The highest BCUT2D eigenvalue weighted by Gasteiger charge is 2.24. The van der Waals surface area contributed by atoms with Crippen molar-refractivity contribution in [3.05, 3.63) is 28.5 Å². The topological polar surface area (TPSA) is 16.1 Å². The van der Waals surface area contributed by atoms with E-state index in [0.717, 1.165) is 34.6 Å². The van der Waals surface area contributed by atoms with Crippen molar-refractivity contribution in [1.82, 2.24) is 9.88 Å². The van der Waals surface area contributed by atoms with Crippen LogP contribution in [0.3, 0.4) is 0 Å². The zero-order valence-electron chi connectivity index (χ0n) is 9.20. The Bertz CT molecular complexity index is 322. The summed E-state index contributed by atoms with van der Waals surface area (Å²) in [5.41, 5.74) is 1.16. The van der Waals surface area contributed by atoms with Gasteiger partial charge in [-0.25, -0.2) is 0 Å². The highest BCUT2D eigenvalue weighted by molar-refractivity contribution is 9.10. The maximum atomic E-state index is 4.44. The van der Waals surface area contributed by atoms with Crippen molar-refractivity contribution >= 4 is 31.9 Å². The molecule has 0 bridgehead atoms. The second-order valence-corrected chi connectivity index (χ2v) is 5.92. The average Bonchev–Trinajstić information content (AvgIpc) is 2.19. The second-order valence-electron chi connectivity index (χ2n) is 4.21. The number of pyridine rings is 1. The van der Waals surface area contributed by atoms with Crippen LogP contribution < -0.4 is 0 Å². The highest BCUT2D eigenvalue weighted by Crippen LogP contribution is 2.26. The van der Waals surface area contributed by atoms with E-state index in [2.05, 4.69) is 53.9 Å². The SMILES string of the molecule is BrCCN(Cc1ccc(Br)cn1)C1CCC1. The van der Waals surface area contributed by atoms with Gasteiger partial charge in [-0.2, -0.15) is 0 Å². The molecule has 0 N–H and O–H groups in total. The van der Waals surface area contributed by atoms with Crippen LogP contribution in [0.4, 0.5) is 0 Å². The first-order valence-corrected chi connectivity index (χ1v) is 7.61. The number of halogens is 2. The molecule has 1 fully saturated rings. The zero-order chi connectivity index (χ0) is 11.4. The number of rotatable bonds is 5. The minimum atomic E-state index is 0.781. The lowest BCUT2D eigenvalue weighted by molar-refractivity contribution is 0.126. The normalized spacial score (nSPS) is 16.4. The van der Waals surface area contributed by atoms with Crippen molar-refractivity contribution in [2.45, 2.75) is 31.8 Å². The summed E-state index contributed by atoms with van der Waals surface area (Å²) >= 11 is 6.94. The van der Waals surface area contributed by atoms with E-state index in [1.54, 1.807) is 0 Å². The van der Waals surface area contributed by atoms with Crippen LogP contribution in [0, 0.1) is 0 Å². The Hall–Kier alpha value is 0.0700. The summed E-state index contributed by atoms with van der Waals surface area (Å²) in [6.45, 7) is 2.09. The van der Waals surface area contributed by atoms with Gasteiger partial charge >= 0.3 is 0 Å². The van der Waals surface area contributed by atoms with Crippen molar-refractivity contribution in [1.29, 1.82) is 0 Å². The molecule has 0 amide bonds. The molecular formula is C12H16Br2N2. The lowest BCUT2D eigenvalue weighted by Gasteiger charge is -2.37. The molecule has 1 saturated carbocycles. The maximum absolute atomic E-state index is 4.44. The lowest BCUT2D eigenvalue weighted by Crippen LogP contribution is -2.40. The largest absolute Gasteiger partial charge is 0.294 e. The summed E-state index contributed by atoms with van der Waals surface area (Å²) in [6.07, 6.45) is 5.96. The van der Waals surface area contributed by atoms with Gasteiger partial charge in [-0.05, 0) is 40.9 Å². The molecule has 2 rings (SSSR count). The van der Waals surface area contributed by atoms with Crippen molar-refractivity contribution < 1.29 is 0 Å². The third-order valence-corrected chi connectivity index (χ3v) is 3.94. The van der Waals surface area contributed by atoms with E-state index in [9.17, 15) is 0 Å². The Morgan fingerprint density at radius 3 is 2.69 bits per heavy atom. The zero-order valence-corrected chi connectivity index (χ0v) is 12.4. The molecule has 0 aliphatic heterocycles. The molecule has 1 aromatic heterocycles. The monoisotopic (exact) mass is 346 g/mol. The molecule has 88 valence electrons. The van der Waals surface area contributed by atoms with Gasteiger partial charge in [-0.15, -0.1) is 0 Å². The minimum Gasteiger partial charge on any atom is -0.294 e. The van der Waals surface area contributed by atoms with Crippen LogP contribution in [-0.4, -0.2) is 27.8 Å². The van der Waals surface area contributed by atoms with Gasteiger partial charge in [-0.1, -0.05) is 22.4 Å². The van der Waals surface area contributed by atoms with Gasteiger partial charge in [-0.3, -0.25) is 9.88 Å². The third kappa shape index (κ3) is 3.28. The lowest BCUT2D eigenvalue weighted by atomic mass is 9.91. The summed E-state index contributed by atoms with van der Waals surface area (Å²) in [7, 11) is 0. The minimum absolute atomic E-state index is 0.781. The first kappa shape index (κ1) is 12.5. The smallest absolute Gasteiger partial charge is 0.0544 e. The van der Waals surface area contributed by atoms with E-state index < -0.39 is 0 Å². The summed E-state index contributed by atoms with van der Waals surface area (Å²) < 4.78 is 1.05.